The second kappa shape index (κ2) is 4.91. The molecule has 0 unspecified atom stereocenters. The van der Waals surface area contributed by atoms with Crippen molar-refractivity contribution in [1.82, 2.24) is 14.9 Å². The first kappa shape index (κ1) is 13.1. The summed E-state index contributed by atoms with van der Waals surface area (Å²) in [4.78, 5) is 11.4. The second-order valence-electron chi connectivity index (χ2n) is 4.96. The van der Waals surface area contributed by atoms with E-state index in [2.05, 4.69) is 63.6 Å². The highest BCUT2D eigenvalue weighted by Crippen LogP contribution is 2.23. The lowest BCUT2D eigenvalue weighted by Gasteiger charge is -2.21. The third kappa shape index (κ3) is 2.59. The molecule has 0 aromatic carbocycles. The predicted molar refractivity (Wildman–Crippen MR) is 67.7 cm³/mol. The van der Waals surface area contributed by atoms with Crippen molar-refractivity contribution < 1.29 is 0 Å². The Morgan fingerprint density at radius 3 is 1.69 bits per heavy atom. The van der Waals surface area contributed by atoms with Crippen LogP contribution in [0.15, 0.2) is 0 Å². The molecule has 0 bridgehead atoms. The summed E-state index contributed by atoms with van der Waals surface area (Å²) in [6, 6.07) is 0.263. The average molecular weight is 221 g/mol. The fraction of sp³-hybridized carbons (Fsp3) is 0.692. The Balaban J connectivity index is 3.19. The van der Waals surface area contributed by atoms with Crippen LogP contribution in [0.3, 0.4) is 0 Å². The van der Waals surface area contributed by atoms with E-state index >= 15 is 0 Å². The Morgan fingerprint density at radius 2 is 1.38 bits per heavy atom. The van der Waals surface area contributed by atoms with Gasteiger partial charge in [-0.2, -0.15) is 0 Å². The molecular weight excluding hydrogens is 198 g/mol. The van der Waals surface area contributed by atoms with Gasteiger partial charge in [0.2, 0.25) is 0 Å². The van der Waals surface area contributed by atoms with Gasteiger partial charge in [0.25, 0.3) is 0 Å². The van der Waals surface area contributed by atoms with Crippen molar-refractivity contribution in [3.05, 3.63) is 22.8 Å². The quantitative estimate of drug-likeness (QED) is 0.786. The molecule has 1 aromatic rings. The van der Waals surface area contributed by atoms with Crippen molar-refractivity contribution in [1.29, 1.82) is 0 Å². The van der Waals surface area contributed by atoms with Gasteiger partial charge in [0.05, 0.1) is 6.04 Å². The van der Waals surface area contributed by atoms with Gasteiger partial charge >= 0.3 is 0 Å². The van der Waals surface area contributed by atoms with E-state index in [0.29, 0.717) is 5.92 Å². The molecule has 0 N–H and O–H groups in total. The SMILES string of the molecule is Cc1nc([C@H](C)N(C)C)nc(C)c1C(C)C. The summed E-state index contributed by atoms with van der Waals surface area (Å²) >= 11 is 0. The monoisotopic (exact) mass is 221 g/mol. The van der Waals surface area contributed by atoms with E-state index in [4.69, 9.17) is 0 Å². The Bertz CT molecular complexity index is 346. The van der Waals surface area contributed by atoms with Gasteiger partial charge in [0, 0.05) is 11.4 Å². The van der Waals surface area contributed by atoms with Crippen molar-refractivity contribution in [2.24, 2.45) is 0 Å². The standard InChI is InChI=1S/C13H23N3/c1-8(2)12-9(3)14-13(15-10(12)4)11(5)16(6)7/h8,11H,1-7H3/t11-/m0/s1. The minimum absolute atomic E-state index is 0.263. The number of hydrogen-bond acceptors (Lipinski definition) is 3. The first-order valence-corrected chi connectivity index (χ1v) is 5.86. The molecule has 0 aliphatic heterocycles. The summed E-state index contributed by atoms with van der Waals surface area (Å²) in [5, 5.41) is 0. The Morgan fingerprint density at radius 1 is 0.938 bits per heavy atom. The van der Waals surface area contributed by atoms with Gasteiger partial charge < -0.3 is 0 Å². The van der Waals surface area contributed by atoms with Gasteiger partial charge in [0.15, 0.2) is 0 Å². The molecule has 1 rings (SSSR count). The van der Waals surface area contributed by atoms with E-state index < -0.39 is 0 Å². The van der Waals surface area contributed by atoms with Crippen LogP contribution in [0.2, 0.25) is 0 Å². The van der Waals surface area contributed by atoms with Gasteiger partial charge in [-0.3, -0.25) is 4.90 Å². The van der Waals surface area contributed by atoms with Crippen molar-refractivity contribution in [2.75, 3.05) is 14.1 Å². The Kier molecular flexibility index (Phi) is 4.03. The highest BCUT2D eigenvalue weighted by Gasteiger charge is 2.16. The molecule has 3 nitrogen and oxygen atoms in total. The zero-order chi connectivity index (χ0) is 12.5. The van der Waals surface area contributed by atoms with Crippen LogP contribution < -0.4 is 0 Å². The molecule has 1 aromatic heterocycles. The maximum Gasteiger partial charge on any atom is 0.145 e. The number of rotatable bonds is 3. The third-order valence-electron chi connectivity index (χ3n) is 3.07. The van der Waals surface area contributed by atoms with Crippen LogP contribution in [0, 0.1) is 13.8 Å². The van der Waals surface area contributed by atoms with Crippen molar-refractivity contribution >= 4 is 0 Å². The third-order valence-corrected chi connectivity index (χ3v) is 3.07. The molecule has 90 valence electrons. The number of hydrogen-bond donors (Lipinski definition) is 0. The topological polar surface area (TPSA) is 29.0 Å². The molecule has 0 radical (unpaired) electrons. The minimum atomic E-state index is 0.263. The van der Waals surface area contributed by atoms with Crippen molar-refractivity contribution in [2.45, 2.75) is 46.6 Å². The summed E-state index contributed by atoms with van der Waals surface area (Å²) < 4.78 is 0. The molecule has 0 amide bonds. The van der Waals surface area contributed by atoms with Crippen LogP contribution in [-0.4, -0.2) is 29.0 Å². The molecule has 1 atom stereocenters. The Hall–Kier alpha value is -0.960. The largest absolute Gasteiger partial charge is 0.300 e. The number of aryl methyl sites for hydroxylation is 2. The van der Waals surface area contributed by atoms with Crippen LogP contribution in [0.1, 0.15) is 55.5 Å². The maximum atomic E-state index is 4.62. The molecule has 0 saturated carbocycles. The zero-order valence-electron chi connectivity index (χ0n) is 11.5. The minimum Gasteiger partial charge on any atom is -0.300 e. The summed E-state index contributed by atoms with van der Waals surface area (Å²) in [6.45, 7) is 10.7. The van der Waals surface area contributed by atoms with Gasteiger partial charge in [-0.1, -0.05) is 13.8 Å². The fourth-order valence-electron chi connectivity index (χ4n) is 2.00. The van der Waals surface area contributed by atoms with Crippen LogP contribution in [-0.2, 0) is 0 Å². The van der Waals surface area contributed by atoms with E-state index in [9.17, 15) is 0 Å². The van der Waals surface area contributed by atoms with Crippen LogP contribution >= 0.6 is 0 Å². The van der Waals surface area contributed by atoms with Gasteiger partial charge in [0.1, 0.15) is 5.82 Å². The molecule has 0 aliphatic rings. The molecular formula is C13H23N3. The van der Waals surface area contributed by atoms with Crippen molar-refractivity contribution in [3.8, 4) is 0 Å². The first-order chi connectivity index (χ1) is 7.34. The van der Waals surface area contributed by atoms with Crippen LogP contribution in [0.5, 0.6) is 0 Å². The van der Waals surface area contributed by atoms with Gasteiger partial charge in [-0.05, 0) is 46.3 Å². The molecule has 1 heterocycles. The molecule has 0 fully saturated rings. The summed E-state index contributed by atoms with van der Waals surface area (Å²) in [5.41, 5.74) is 3.52. The van der Waals surface area contributed by atoms with Gasteiger partial charge in [-0.25, -0.2) is 9.97 Å². The molecule has 3 heteroatoms. The summed E-state index contributed by atoms with van der Waals surface area (Å²) in [7, 11) is 4.10. The highest BCUT2D eigenvalue weighted by atomic mass is 15.1. The van der Waals surface area contributed by atoms with Crippen LogP contribution in [0.25, 0.3) is 0 Å². The summed E-state index contributed by atoms with van der Waals surface area (Å²) in [6.07, 6.45) is 0. The van der Waals surface area contributed by atoms with E-state index in [1.807, 2.05) is 0 Å². The van der Waals surface area contributed by atoms with E-state index in [1.165, 1.54) is 5.56 Å². The zero-order valence-corrected chi connectivity index (χ0v) is 11.5. The Labute approximate surface area is 98.9 Å². The highest BCUT2D eigenvalue weighted by molar-refractivity contribution is 5.27. The first-order valence-electron chi connectivity index (χ1n) is 5.86. The van der Waals surface area contributed by atoms with Gasteiger partial charge in [-0.15, -0.1) is 0 Å². The lowest BCUT2D eigenvalue weighted by molar-refractivity contribution is 0.307. The number of aromatic nitrogens is 2. The molecule has 0 spiro atoms. The number of nitrogens with zero attached hydrogens (tertiary/aromatic N) is 3. The lowest BCUT2D eigenvalue weighted by atomic mass is 10.00. The fourth-order valence-corrected chi connectivity index (χ4v) is 2.00. The normalized spacial score (nSPS) is 13.6. The van der Waals surface area contributed by atoms with E-state index in [0.717, 1.165) is 17.2 Å². The molecule has 0 aliphatic carbocycles. The van der Waals surface area contributed by atoms with Crippen molar-refractivity contribution in [3.63, 3.8) is 0 Å². The maximum absolute atomic E-state index is 4.62. The summed E-state index contributed by atoms with van der Waals surface area (Å²) in [5.74, 6) is 1.41. The molecule has 0 saturated heterocycles. The van der Waals surface area contributed by atoms with E-state index in [1.54, 1.807) is 0 Å². The van der Waals surface area contributed by atoms with Crippen LogP contribution in [0.4, 0.5) is 0 Å². The average Bonchev–Trinajstić information content (AvgIpc) is 2.14. The predicted octanol–water partition coefficient (Wildman–Crippen LogP) is 2.84. The lowest BCUT2D eigenvalue weighted by Crippen LogP contribution is -2.20. The van der Waals surface area contributed by atoms with E-state index in [-0.39, 0.29) is 6.04 Å². The second-order valence-corrected chi connectivity index (χ2v) is 4.96. The molecule has 16 heavy (non-hydrogen) atoms. The smallest absolute Gasteiger partial charge is 0.145 e.